The van der Waals surface area contributed by atoms with Gasteiger partial charge in [0.15, 0.2) is 0 Å². The highest BCUT2D eigenvalue weighted by Crippen LogP contribution is 2.32. The van der Waals surface area contributed by atoms with Crippen molar-refractivity contribution in [1.82, 2.24) is 0 Å². The second-order valence-corrected chi connectivity index (χ2v) is 5.27. The smallest absolute Gasteiger partial charge is 0.416 e. The molecule has 0 amide bonds. The van der Waals surface area contributed by atoms with Gasteiger partial charge in [-0.3, -0.25) is 0 Å². The SMILES string of the molecule is FC(F)(F)c1ccc(C(Oc2c[c]ccc2)c2ccccc2)cc1. The normalized spacial score (nSPS) is 12.6. The highest BCUT2D eigenvalue weighted by atomic mass is 19.4. The van der Waals surface area contributed by atoms with E-state index in [0.717, 1.165) is 17.7 Å². The fraction of sp³-hybridized carbons (Fsp3) is 0.100. The molecule has 0 spiro atoms. The first-order chi connectivity index (χ1) is 11.5. The summed E-state index contributed by atoms with van der Waals surface area (Å²) in [6, 6.07) is 24.4. The third-order valence-corrected chi connectivity index (χ3v) is 3.58. The van der Waals surface area contributed by atoms with Crippen molar-refractivity contribution in [2.24, 2.45) is 0 Å². The molecule has 3 rings (SSSR count). The minimum Gasteiger partial charge on any atom is -0.481 e. The van der Waals surface area contributed by atoms with Crippen molar-refractivity contribution in [2.75, 3.05) is 0 Å². The van der Waals surface area contributed by atoms with Crippen molar-refractivity contribution in [3.63, 3.8) is 0 Å². The summed E-state index contributed by atoms with van der Waals surface area (Å²) in [5.41, 5.74) is 0.838. The molecule has 0 saturated heterocycles. The number of rotatable bonds is 4. The number of hydrogen-bond donors (Lipinski definition) is 0. The second kappa shape index (κ2) is 6.79. The van der Waals surface area contributed by atoms with Crippen molar-refractivity contribution in [3.8, 4) is 5.75 Å². The first-order valence-electron chi connectivity index (χ1n) is 7.39. The Morgan fingerprint density at radius 2 is 1.46 bits per heavy atom. The minimum atomic E-state index is -4.35. The highest BCUT2D eigenvalue weighted by molar-refractivity contribution is 5.35. The van der Waals surface area contributed by atoms with E-state index in [1.165, 1.54) is 12.1 Å². The molecule has 4 heteroatoms. The molecule has 3 aromatic rings. The molecule has 1 radical (unpaired) electrons. The fourth-order valence-corrected chi connectivity index (χ4v) is 2.39. The predicted octanol–water partition coefficient (Wildman–Crippen LogP) is 5.67. The number of alkyl halides is 3. The van der Waals surface area contributed by atoms with E-state index in [9.17, 15) is 13.2 Å². The van der Waals surface area contributed by atoms with Crippen LogP contribution in [0, 0.1) is 6.07 Å². The van der Waals surface area contributed by atoms with E-state index in [0.29, 0.717) is 11.3 Å². The summed E-state index contributed by atoms with van der Waals surface area (Å²) in [6.07, 6.45) is -4.85. The van der Waals surface area contributed by atoms with Crippen LogP contribution in [-0.2, 0) is 6.18 Å². The number of halogens is 3. The Hall–Kier alpha value is -2.75. The number of ether oxygens (including phenoxy) is 1. The summed E-state index contributed by atoms with van der Waals surface area (Å²) < 4.78 is 44.3. The second-order valence-electron chi connectivity index (χ2n) is 5.27. The molecule has 0 N–H and O–H groups in total. The average Bonchev–Trinajstić information content (AvgIpc) is 2.61. The Morgan fingerprint density at radius 3 is 2.04 bits per heavy atom. The molecule has 0 bridgehead atoms. The van der Waals surface area contributed by atoms with E-state index in [-0.39, 0.29) is 0 Å². The first-order valence-corrected chi connectivity index (χ1v) is 7.39. The quantitative estimate of drug-likeness (QED) is 0.599. The Labute approximate surface area is 138 Å². The maximum Gasteiger partial charge on any atom is 0.416 e. The molecule has 24 heavy (non-hydrogen) atoms. The van der Waals surface area contributed by atoms with Crippen molar-refractivity contribution in [2.45, 2.75) is 12.3 Å². The van der Waals surface area contributed by atoms with Crippen molar-refractivity contribution < 1.29 is 17.9 Å². The van der Waals surface area contributed by atoms with Gasteiger partial charge in [0.05, 0.1) is 5.56 Å². The molecule has 3 aromatic carbocycles. The molecule has 1 atom stereocenters. The van der Waals surface area contributed by atoms with E-state index in [1.807, 2.05) is 30.3 Å². The Balaban J connectivity index is 1.95. The zero-order valence-electron chi connectivity index (χ0n) is 12.6. The van der Waals surface area contributed by atoms with Crippen LogP contribution in [0.2, 0.25) is 0 Å². The van der Waals surface area contributed by atoms with Gasteiger partial charge in [-0.1, -0.05) is 54.6 Å². The van der Waals surface area contributed by atoms with E-state index < -0.39 is 17.8 Å². The largest absolute Gasteiger partial charge is 0.481 e. The monoisotopic (exact) mass is 327 g/mol. The van der Waals surface area contributed by atoms with Crippen LogP contribution in [0.1, 0.15) is 22.8 Å². The molecule has 121 valence electrons. The molecule has 0 aliphatic carbocycles. The Kier molecular flexibility index (Phi) is 4.56. The fourth-order valence-electron chi connectivity index (χ4n) is 2.39. The molecule has 0 aliphatic heterocycles. The Morgan fingerprint density at radius 1 is 0.792 bits per heavy atom. The number of benzene rings is 3. The van der Waals surface area contributed by atoms with Crippen LogP contribution in [0.5, 0.6) is 5.75 Å². The van der Waals surface area contributed by atoms with Gasteiger partial charge in [-0.05, 0) is 41.5 Å². The van der Waals surface area contributed by atoms with Crippen LogP contribution in [0.3, 0.4) is 0 Å². The lowest BCUT2D eigenvalue weighted by atomic mass is 10.00. The maximum atomic E-state index is 12.8. The minimum absolute atomic E-state index is 0.496. The summed E-state index contributed by atoms with van der Waals surface area (Å²) in [4.78, 5) is 0. The van der Waals surface area contributed by atoms with Crippen molar-refractivity contribution in [1.29, 1.82) is 0 Å². The zero-order valence-corrected chi connectivity index (χ0v) is 12.6. The van der Waals surface area contributed by atoms with Gasteiger partial charge < -0.3 is 4.74 Å². The first kappa shape index (κ1) is 16.1. The average molecular weight is 327 g/mol. The number of hydrogen-bond acceptors (Lipinski definition) is 1. The molecule has 0 heterocycles. The van der Waals surface area contributed by atoms with Gasteiger partial charge in [0.1, 0.15) is 11.9 Å². The maximum absolute atomic E-state index is 12.8. The molecular weight excluding hydrogens is 313 g/mol. The summed E-state index contributed by atoms with van der Waals surface area (Å²) in [7, 11) is 0. The van der Waals surface area contributed by atoms with E-state index >= 15 is 0 Å². The molecule has 0 aliphatic rings. The van der Waals surface area contributed by atoms with Crippen LogP contribution >= 0.6 is 0 Å². The lowest BCUT2D eigenvalue weighted by Crippen LogP contribution is -2.11. The van der Waals surface area contributed by atoms with Crippen molar-refractivity contribution in [3.05, 3.63) is 102 Å². The van der Waals surface area contributed by atoms with Gasteiger partial charge in [0.25, 0.3) is 0 Å². The topological polar surface area (TPSA) is 9.23 Å². The summed E-state index contributed by atoms with van der Waals surface area (Å²) in [5.74, 6) is 0.603. The van der Waals surface area contributed by atoms with Crippen LogP contribution < -0.4 is 4.74 Å². The van der Waals surface area contributed by atoms with E-state index in [4.69, 9.17) is 4.74 Å². The van der Waals surface area contributed by atoms with E-state index in [1.54, 1.807) is 24.3 Å². The molecular formula is C20H14F3O. The molecule has 0 saturated carbocycles. The Bertz CT molecular complexity index is 765. The molecule has 1 nitrogen and oxygen atoms in total. The van der Waals surface area contributed by atoms with Gasteiger partial charge in [-0.2, -0.15) is 13.2 Å². The summed E-state index contributed by atoms with van der Waals surface area (Å²) >= 11 is 0. The van der Waals surface area contributed by atoms with Crippen LogP contribution in [0.4, 0.5) is 13.2 Å². The van der Waals surface area contributed by atoms with Gasteiger partial charge in [0.2, 0.25) is 0 Å². The lowest BCUT2D eigenvalue weighted by Gasteiger charge is -2.20. The third kappa shape index (κ3) is 3.77. The lowest BCUT2D eigenvalue weighted by molar-refractivity contribution is -0.137. The molecule has 1 unspecified atom stereocenters. The van der Waals surface area contributed by atoms with Crippen LogP contribution in [0.15, 0.2) is 78.9 Å². The van der Waals surface area contributed by atoms with Crippen LogP contribution in [0.25, 0.3) is 0 Å². The van der Waals surface area contributed by atoms with Gasteiger partial charge >= 0.3 is 6.18 Å². The van der Waals surface area contributed by atoms with Gasteiger partial charge in [-0.25, -0.2) is 0 Å². The molecule has 0 aromatic heterocycles. The predicted molar refractivity (Wildman–Crippen MR) is 85.6 cm³/mol. The third-order valence-electron chi connectivity index (χ3n) is 3.58. The zero-order chi connectivity index (χ0) is 17.0. The highest BCUT2D eigenvalue weighted by Gasteiger charge is 2.30. The van der Waals surface area contributed by atoms with Gasteiger partial charge in [0, 0.05) is 0 Å². The van der Waals surface area contributed by atoms with E-state index in [2.05, 4.69) is 6.07 Å². The molecule has 0 fully saturated rings. The van der Waals surface area contributed by atoms with Gasteiger partial charge in [-0.15, -0.1) is 0 Å². The summed E-state index contributed by atoms with van der Waals surface area (Å²) in [5, 5.41) is 0. The summed E-state index contributed by atoms with van der Waals surface area (Å²) in [6.45, 7) is 0. The van der Waals surface area contributed by atoms with Crippen LogP contribution in [-0.4, -0.2) is 0 Å². The standard InChI is InChI=1S/C20H14F3O/c21-20(22,23)17-13-11-16(12-14-17)19(15-7-3-1-4-8-15)24-18-9-5-2-6-10-18/h1-5,7-14,19H. The van der Waals surface area contributed by atoms with Crippen molar-refractivity contribution >= 4 is 0 Å².